The Morgan fingerprint density at radius 3 is 2.03 bits per heavy atom. The van der Waals surface area contributed by atoms with Gasteiger partial charge in [-0.25, -0.2) is 4.98 Å². The number of benzene rings is 1. The van der Waals surface area contributed by atoms with E-state index in [0.29, 0.717) is 0 Å². The molecule has 1 heterocycles. The first-order chi connectivity index (χ1) is 16.2. The predicted octanol–water partition coefficient (Wildman–Crippen LogP) is 7.34. The molecular weight excluding hydrogens is 410 g/mol. The third-order valence-electron chi connectivity index (χ3n) is 6.46. The number of carbonyl (C=O) groups is 1. The highest BCUT2D eigenvalue weighted by molar-refractivity contribution is 5.78. The second-order valence-electron chi connectivity index (χ2n) is 9.43. The molecule has 1 unspecified atom stereocenters. The van der Waals surface area contributed by atoms with Crippen molar-refractivity contribution in [2.75, 3.05) is 13.7 Å². The molecule has 0 aliphatic rings. The summed E-state index contributed by atoms with van der Waals surface area (Å²) in [6.07, 6.45) is 19.1. The van der Waals surface area contributed by atoms with E-state index in [1.54, 1.807) is 0 Å². The Balaban J connectivity index is 1.66. The molecule has 0 saturated heterocycles. The van der Waals surface area contributed by atoms with Crippen LogP contribution in [-0.4, -0.2) is 29.2 Å². The van der Waals surface area contributed by atoms with Crippen molar-refractivity contribution >= 4 is 16.9 Å². The minimum absolute atomic E-state index is 0.0729. The third-order valence-corrected chi connectivity index (χ3v) is 6.46. The summed E-state index contributed by atoms with van der Waals surface area (Å²) in [5, 5.41) is 3.00. The van der Waals surface area contributed by atoms with Gasteiger partial charge in [-0.3, -0.25) is 4.79 Å². The molecule has 0 radical (unpaired) electrons. The highest BCUT2D eigenvalue weighted by Gasteiger charge is 2.18. The van der Waals surface area contributed by atoms with Crippen LogP contribution >= 0.6 is 0 Å². The molecule has 0 bridgehead atoms. The van der Waals surface area contributed by atoms with Gasteiger partial charge >= 0.3 is 0 Å². The number of amides is 1. The minimum Gasteiger partial charge on any atom is -0.375 e. The number of aryl methyl sites for hydroxylation is 1. The van der Waals surface area contributed by atoms with Crippen molar-refractivity contribution in [3.8, 4) is 0 Å². The molecule has 5 nitrogen and oxygen atoms in total. The third kappa shape index (κ3) is 10.3. The van der Waals surface area contributed by atoms with E-state index in [1.807, 2.05) is 19.1 Å². The molecule has 2 rings (SSSR count). The number of methoxy groups -OCH3 is 1. The summed E-state index contributed by atoms with van der Waals surface area (Å²) in [5.74, 6) is 0.815. The molecule has 1 N–H and O–H groups in total. The van der Waals surface area contributed by atoms with Crippen LogP contribution in [0.15, 0.2) is 24.3 Å². The number of nitrogens with one attached hydrogen (secondary N) is 1. The van der Waals surface area contributed by atoms with Gasteiger partial charge in [0, 0.05) is 13.7 Å². The summed E-state index contributed by atoms with van der Waals surface area (Å²) < 4.78 is 7.23. The molecule has 0 spiro atoms. The van der Waals surface area contributed by atoms with Gasteiger partial charge in [-0.2, -0.15) is 0 Å². The van der Waals surface area contributed by atoms with E-state index in [4.69, 9.17) is 9.72 Å². The predicted molar refractivity (Wildman–Crippen MR) is 138 cm³/mol. The maximum Gasteiger partial charge on any atom is 0.246 e. The molecule has 1 amide bonds. The van der Waals surface area contributed by atoms with Crippen LogP contribution in [0, 0.1) is 0 Å². The zero-order chi connectivity index (χ0) is 23.7. The number of nitrogens with zero attached hydrogens (tertiary/aromatic N) is 2. The zero-order valence-electron chi connectivity index (χ0n) is 21.4. The summed E-state index contributed by atoms with van der Waals surface area (Å²) in [5.41, 5.74) is 2.14. The number of unbranched alkanes of at least 4 members (excludes halogenated alkanes) is 13. The lowest BCUT2D eigenvalue weighted by atomic mass is 10.0. The summed E-state index contributed by atoms with van der Waals surface area (Å²) >= 11 is 0. The van der Waals surface area contributed by atoms with Crippen molar-refractivity contribution < 1.29 is 9.53 Å². The average molecular weight is 458 g/mol. The summed E-state index contributed by atoms with van der Waals surface area (Å²) in [4.78, 5) is 16.8. The number of aromatic nitrogens is 2. The number of ether oxygens (including phenoxy) is 1. The highest BCUT2D eigenvalue weighted by atomic mass is 16.5. The number of carbonyl (C=O) groups excluding carboxylic acids is 1. The largest absolute Gasteiger partial charge is 0.375 e. The van der Waals surface area contributed by atoms with E-state index in [0.717, 1.165) is 29.8 Å². The lowest BCUT2D eigenvalue weighted by Gasteiger charge is -2.16. The lowest BCUT2D eigenvalue weighted by Crippen LogP contribution is -2.31. The van der Waals surface area contributed by atoms with Crippen molar-refractivity contribution in [1.29, 1.82) is 0 Å². The Labute approximate surface area is 201 Å². The standard InChI is InChI=1S/C28H47N3O2/c1-4-5-6-7-8-9-10-11-12-13-14-15-16-19-22-31-26-21-18-17-20-25(26)30-28(31)24(2)29-27(32)23-33-3/h17-18,20-21,24H,4-16,19,22-23H2,1-3H3,(H,29,32). The maximum atomic E-state index is 12.0. The van der Waals surface area contributed by atoms with Crippen LogP contribution in [0.5, 0.6) is 0 Å². The number of rotatable bonds is 19. The first kappa shape index (κ1) is 27.4. The number of fused-ring (bicyclic) bond motifs is 1. The summed E-state index contributed by atoms with van der Waals surface area (Å²) in [6.45, 7) is 5.29. The number of hydrogen-bond acceptors (Lipinski definition) is 3. The second-order valence-corrected chi connectivity index (χ2v) is 9.43. The maximum absolute atomic E-state index is 12.0. The molecule has 0 saturated carbocycles. The first-order valence-electron chi connectivity index (χ1n) is 13.4. The number of imidazole rings is 1. The zero-order valence-corrected chi connectivity index (χ0v) is 21.4. The quantitative estimate of drug-likeness (QED) is 0.224. The summed E-state index contributed by atoms with van der Waals surface area (Å²) in [6, 6.07) is 8.10. The number of hydrogen-bond donors (Lipinski definition) is 1. The first-order valence-corrected chi connectivity index (χ1v) is 13.4. The van der Waals surface area contributed by atoms with Gasteiger partial charge in [0.2, 0.25) is 5.91 Å². The highest BCUT2D eigenvalue weighted by Crippen LogP contribution is 2.22. The molecule has 5 heteroatoms. The van der Waals surface area contributed by atoms with Crippen molar-refractivity contribution in [2.45, 2.75) is 116 Å². The smallest absolute Gasteiger partial charge is 0.246 e. The molecule has 1 aromatic carbocycles. The van der Waals surface area contributed by atoms with Gasteiger partial charge in [0.1, 0.15) is 12.4 Å². The van der Waals surface area contributed by atoms with Crippen LogP contribution in [0.25, 0.3) is 11.0 Å². The van der Waals surface area contributed by atoms with Gasteiger partial charge in [0.25, 0.3) is 0 Å². The normalized spacial score (nSPS) is 12.3. The van der Waals surface area contributed by atoms with Crippen LogP contribution < -0.4 is 5.32 Å². The van der Waals surface area contributed by atoms with E-state index < -0.39 is 0 Å². The van der Waals surface area contributed by atoms with Crippen LogP contribution in [0.4, 0.5) is 0 Å². The van der Waals surface area contributed by atoms with Crippen LogP contribution in [0.2, 0.25) is 0 Å². The summed E-state index contributed by atoms with van der Waals surface area (Å²) in [7, 11) is 1.54. The van der Waals surface area contributed by atoms with E-state index in [9.17, 15) is 4.79 Å². The van der Waals surface area contributed by atoms with E-state index in [-0.39, 0.29) is 18.6 Å². The molecule has 0 aliphatic heterocycles. The van der Waals surface area contributed by atoms with Gasteiger partial charge in [-0.05, 0) is 25.5 Å². The van der Waals surface area contributed by atoms with Gasteiger partial charge < -0.3 is 14.6 Å². The molecule has 1 aromatic heterocycles. The van der Waals surface area contributed by atoms with Crippen LogP contribution in [-0.2, 0) is 16.1 Å². The SMILES string of the molecule is CCCCCCCCCCCCCCCCn1c(C(C)NC(=O)COC)nc2ccccc21. The Hall–Kier alpha value is -1.88. The van der Waals surface area contributed by atoms with Crippen molar-refractivity contribution in [2.24, 2.45) is 0 Å². The fourth-order valence-corrected chi connectivity index (χ4v) is 4.60. The van der Waals surface area contributed by atoms with Crippen LogP contribution in [0.3, 0.4) is 0 Å². The monoisotopic (exact) mass is 457 g/mol. The average Bonchev–Trinajstić information content (AvgIpc) is 3.18. The van der Waals surface area contributed by atoms with Crippen molar-refractivity contribution in [3.05, 3.63) is 30.1 Å². The number of para-hydroxylation sites is 2. The van der Waals surface area contributed by atoms with E-state index in [2.05, 4.69) is 28.9 Å². The second kappa shape index (κ2) is 16.7. The Morgan fingerprint density at radius 1 is 0.909 bits per heavy atom. The lowest BCUT2D eigenvalue weighted by molar-refractivity contribution is -0.125. The Kier molecular flexibility index (Phi) is 13.8. The van der Waals surface area contributed by atoms with Crippen LogP contribution in [0.1, 0.15) is 116 Å². The van der Waals surface area contributed by atoms with Gasteiger partial charge in [0.05, 0.1) is 17.1 Å². The topological polar surface area (TPSA) is 56.2 Å². The van der Waals surface area contributed by atoms with Crippen molar-refractivity contribution in [1.82, 2.24) is 14.9 Å². The van der Waals surface area contributed by atoms with Crippen molar-refractivity contribution in [3.63, 3.8) is 0 Å². The molecule has 1 atom stereocenters. The fourth-order valence-electron chi connectivity index (χ4n) is 4.60. The molecule has 33 heavy (non-hydrogen) atoms. The van der Waals surface area contributed by atoms with E-state index >= 15 is 0 Å². The Bertz CT molecular complexity index is 787. The molecular formula is C28H47N3O2. The fraction of sp³-hybridized carbons (Fsp3) is 0.714. The van der Waals surface area contributed by atoms with Gasteiger partial charge in [-0.15, -0.1) is 0 Å². The molecule has 0 aliphatic carbocycles. The Morgan fingerprint density at radius 2 is 1.45 bits per heavy atom. The molecule has 186 valence electrons. The minimum atomic E-state index is -0.147. The van der Waals surface area contributed by atoms with Gasteiger partial charge in [-0.1, -0.05) is 103 Å². The molecule has 2 aromatic rings. The van der Waals surface area contributed by atoms with E-state index in [1.165, 1.54) is 90.6 Å². The molecule has 0 fully saturated rings. The van der Waals surface area contributed by atoms with Gasteiger partial charge in [0.15, 0.2) is 0 Å².